The zero-order chi connectivity index (χ0) is 10.6. The highest BCUT2D eigenvalue weighted by Gasteiger charge is 2.12. The van der Waals surface area contributed by atoms with Crippen LogP contribution in [0.4, 0.5) is 0 Å². The molecule has 0 fully saturated rings. The van der Waals surface area contributed by atoms with Crippen LogP contribution >= 0.6 is 0 Å². The van der Waals surface area contributed by atoms with E-state index in [4.69, 9.17) is 5.11 Å². The van der Waals surface area contributed by atoms with Crippen LogP contribution in [0.5, 0.6) is 0 Å². The Morgan fingerprint density at radius 2 is 2.21 bits per heavy atom. The van der Waals surface area contributed by atoms with Gasteiger partial charge in [0.05, 0.1) is 6.61 Å². The molecule has 0 aliphatic heterocycles. The summed E-state index contributed by atoms with van der Waals surface area (Å²) in [6.07, 6.45) is 2.85. The third-order valence-electron chi connectivity index (χ3n) is 1.56. The van der Waals surface area contributed by atoms with Gasteiger partial charge in [-0.05, 0) is 18.6 Å². The van der Waals surface area contributed by atoms with Crippen molar-refractivity contribution in [1.29, 1.82) is 0 Å². The molecule has 0 spiro atoms. The average Bonchev–Trinajstić information content (AvgIpc) is 2.15. The van der Waals surface area contributed by atoms with E-state index in [1.165, 1.54) is 12.3 Å². The molecule has 0 unspecified atom stereocenters. The van der Waals surface area contributed by atoms with Crippen LogP contribution in [0.3, 0.4) is 0 Å². The zero-order valence-corrected chi connectivity index (χ0v) is 8.58. The molecular formula is C8H12N2O3S. The molecule has 2 N–H and O–H groups in total. The number of aliphatic hydroxyl groups is 1. The molecule has 0 aromatic carbocycles. The monoisotopic (exact) mass is 216 g/mol. The summed E-state index contributed by atoms with van der Waals surface area (Å²) in [5.41, 5.74) is 0.775. The smallest absolute Gasteiger partial charge is 0.242 e. The number of aliphatic hydroxyl groups excluding tert-OH is 1. The van der Waals surface area contributed by atoms with Gasteiger partial charge in [0.1, 0.15) is 4.90 Å². The standard InChI is InChI=1S/C8H12N2O3S/c1-7-4-8(6-9-5-7)14(12,13)10-2-3-11/h4-6,10-11H,2-3H2,1H3. The number of nitrogens with zero attached hydrogens (tertiary/aromatic N) is 1. The highest BCUT2D eigenvalue weighted by atomic mass is 32.2. The first-order valence-corrected chi connectivity index (χ1v) is 5.57. The minimum Gasteiger partial charge on any atom is -0.395 e. The van der Waals surface area contributed by atoms with Crippen LogP contribution in [0, 0.1) is 6.92 Å². The molecular weight excluding hydrogens is 204 g/mol. The molecule has 0 aliphatic carbocycles. The van der Waals surface area contributed by atoms with Gasteiger partial charge < -0.3 is 5.11 Å². The van der Waals surface area contributed by atoms with Gasteiger partial charge in [-0.1, -0.05) is 0 Å². The molecule has 0 saturated carbocycles. The third kappa shape index (κ3) is 2.76. The molecule has 1 aromatic heterocycles. The summed E-state index contributed by atoms with van der Waals surface area (Å²) in [5, 5.41) is 8.49. The minimum absolute atomic E-state index is 0.0102. The van der Waals surface area contributed by atoms with Crippen LogP contribution in [0.1, 0.15) is 5.56 Å². The summed E-state index contributed by atoms with van der Waals surface area (Å²) in [6.45, 7) is 1.55. The fourth-order valence-corrected chi connectivity index (χ4v) is 2.00. The Balaban J connectivity index is 2.93. The number of hydrogen-bond acceptors (Lipinski definition) is 4. The Bertz CT molecular complexity index is 403. The molecule has 0 bridgehead atoms. The maximum Gasteiger partial charge on any atom is 0.242 e. The second kappa shape index (κ2) is 4.50. The van der Waals surface area contributed by atoms with Crippen molar-refractivity contribution in [2.45, 2.75) is 11.8 Å². The second-order valence-corrected chi connectivity index (χ2v) is 4.59. The molecule has 0 radical (unpaired) electrons. The quantitative estimate of drug-likeness (QED) is 0.721. The van der Waals surface area contributed by atoms with Gasteiger partial charge in [-0.15, -0.1) is 0 Å². The van der Waals surface area contributed by atoms with Crippen LogP contribution in [0.25, 0.3) is 0 Å². The summed E-state index contributed by atoms with van der Waals surface area (Å²) in [6, 6.07) is 1.52. The SMILES string of the molecule is Cc1cncc(S(=O)(=O)NCCO)c1. The molecule has 0 saturated heterocycles. The van der Waals surface area contributed by atoms with E-state index in [1.54, 1.807) is 13.1 Å². The van der Waals surface area contributed by atoms with Crippen molar-refractivity contribution in [3.8, 4) is 0 Å². The average molecular weight is 216 g/mol. The zero-order valence-electron chi connectivity index (χ0n) is 7.77. The van der Waals surface area contributed by atoms with E-state index < -0.39 is 10.0 Å². The third-order valence-corrected chi connectivity index (χ3v) is 2.99. The Morgan fingerprint density at radius 3 is 2.79 bits per heavy atom. The van der Waals surface area contributed by atoms with Crippen LogP contribution < -0.4 is 4.72 Å². The number of rotatable bonds is 4. The number of hydrogen-bond donors (Lipinski definition) is 2. The highest BCUT2D eigenvalue weighted by Crippen LogP contribution is 2.07. The van der Waals surface area contributed by atoms with Crippen LogP contribution in [-0.4, -0.2) is 31.7 Å². The molecule has 5 nitrogen and oxygen atoms in total. The number of aryl methyl sites for hydroxylation is 1. The maximum absolute atomic E-state index is 11.5. The van der Waals surface area contributed by atoms with Gasteiger partial charge in [-0.25, -0.2) is 13.1 Å². The topological polar surface area (TPSA) is 79.3 Å². The predicted octanol–water partition coefficient (Wildman–Crippen LogP) is -0.339. The fraction of sp³-hybridized carbons (Fsp3) is 0.375. The summed E-state index contributed by atoms with van der Waals surface area (Å²) in [5.74, 6) is 0. The minimum atomic E-state index is -3.52. The normalized spacial score (nSPS) is 11.6. The summed E-state index contributed by atoms with van der Waals surface area (Å²) in [4.78, 5) is 3.89. The Morgan fingerprint density at radius 1 is 1.50 bits per heavy atom. The fourth-order valence-electron chi connectivity index (χ4n) is 0.938. The van der Waals surface area contributed by atoms with Crippen molar-refractivity contribution in [1.82, 2.24) is 9.71 Å². The summed E-state index contributed by atoms with van der Waals surface area (Å²) in [7, 11) is -3.52. The van der Waals surface area contributed by atoms with Crippen molar-refractivity contribution in [2.24, 2.45) is 0 Å². The Kier molecular flexibility index (Phi) is 3.56. The van der Waals surface area contributed by atoms with E-state index in [0.717, 1.165) is 5.56 Å². The second-order valence-electron chi connectivity index (χ2n) is 2.82. The first kappa shape index (κ1) is 11.1. The molecule has 0 amide bonds. The van der Waals surface area contributed by atoms with E-state index in [0.29, 0.717) is 0 Å². The van der Waals surface area contributed by atoms with Crippen LogP contribution in [0.2, 0.25) is 0 Å². The largest absolute Gasteiger partial charge is 0.395 e. The summed E-state index contributed by atoms with van der Waals surface area (Å²) >= 11 is 0. The van der Waals surface area contributed by atoms with Crippen molar-refractivity contribution in [3.05, 3.63) is 24.0 Å². The molecule has 1 heterocycles. The Hall–Kier alpha value is -0.980. The molecule has 6 heteroatoms. The van der Waals surface area contributed by atoms with Gasteiger partial charge in [0, 0.05) is 18.9 Å². The molecule has 0 aliphatic rings. The van der Waals surface area contributed by atoms with Crippen molar-refractivity contribution >= 4 is 10.0 Å². The van der Waals surface area contributed by atoms with Gasteiger partial charge in [0.25, 0.3) is 0 Å². The highest BCUT2D eigenvalue weighted by molar-refractivity contribution is 7.89. The van der Waals surface area contributed by atoms with Crippen LogP contribution in [0.15, 0.2) is 23.4 Å². The molecule has 78 valence electrons. The van der Waals surface area contributed by atoms with E-state index in [1.807, 2.05) is 0 Å². The molecule has 1 aromatic rings. The molecule has 1 rings (SSSR count). The van der Waals surface area contributed by atoms with E-state index in [2.05, 4.69) is 9.71 Å². The van der Waals surface area contributed by atoms with Gasteiger partial charge in [0.2, 0.25) is 10.0 Å². The molecule has 0 atom stereocenters. The number of sulfonamides is 1. The van der Waals surface area contributed by atoms with Crippen molar-refractivity contribution in [2.75, 3.05) is 13.2 Å². The van der Waals surface area contributed by atoms with Gasteiger partial charge in [-0.3, -0.25) is 4.98 Å². The molecule has 14 heavy (non-hydrogen) atoms. The summed E-state index contributed by atoms with van der Waals surface area (Å²) < 4.78 is 25.2. The lowest BCUT2D eigenvalue weighted by molar-refractivity contribution is 0.301. The number of pyridine rings is 1. The lowest BCUT2D eigenvalue weighted by atomic mass is 10.3. The first-order chi connectivity index (χ1) is 6.56. The first-order valence-electron chi connectivity index (χ1n) is 4.08. The van der Waals surface area contributed by atoms with E-state index in [-0.39, 0.29) is 18.0 Å². The predicted molar refractivity (Wildman–Crippen MR) is 51.2 cm³/mol. The van der Waals surface area contributed by atoms with Gasteiger partial charge >= 0.3 is 0 Å². The maximum atomic E-state index is 11.5. The lowest BCUT2D eigenvalue weighted by Gasteiger charge is -2.04. The van der Waals surface area contributed by atoms with Crippen molar-refractivity contribution in [3.63, 3.8) is 0 Å². The van der Waals surface area contributed by atoms with E-state index in [9.17, 15) is 8.42 Å². The number of nitrogens with one attached hydrogen (secondary N) is 1. The van der Waals surface area contributed by atoms with E-state index >= 15 is 0 Å². The number of aromatic nitrogens is 1. The lowest BCUT2D eigenvalue weighted by Crippen LogP contribution is -2.26. The van der Waals surface area contributed by atoms with Crippen molar-refractivity contribution < 1.29 is 13.5 Å². The van der Waals surface area contributed by atoms with Gasteiger partial charge in [-0.2, -0.15) is 0 Å². The van der Waals surface area contributed by atoms with Crippen LogP contribution in [-0.2, 0) is 10.0 Å². The van der Waals surface area contributed by atoms with Gasteiger partial charge in [0.15, 0.2) is 0 Å². The Labute approximate surface area is 82.9 Å².